The Balaban J connectivity index is 1.33. The zero-order chi connectivity index (χ0) is 49.7. The van der Waals surface area contributed by atoms with Gasteiger partial charge in [0.2, 0.25) is 16.9 Å². The first-order valence-corrected chi connectivity index (χ1v) is 26.5. The molecule has 28 heteroatoms. The molecule has 3 heterocycles. The Labute approximate surface area is 392 Å². The third-order valence-corrected chi connectivity index (χ3v) is 13.3. The molecule has 3 rings (SSSR count). The number of unbranched alkanes of at least 4 members (excludes halogenated alkanes) is 4. The zero-order valence-corrected chi connectivity index (χ0v) is 40.7. The first-order valence-electron chi connectivity index (χ1n) is 21.2. The Morgan fingerprint density at radius 2 is 1.60 bits per heavy atom. The highest BCUT2D eigenvalue weighted by Crippen LogP contribution is 2.56. The number of hydrogen-bond donors (Lipinski definition) is 5. The molecule has 0 saturated carbocycles. The van der Waals surface area contributed by atoms with Crippen molar-refractivity contribution >= 4 is 69.1 Å². The van der Waals surface area contributed by atoms with Gasteiger partial charge < -0.3 is 69.0 Å². The molecule has 1 saturated heterocycles. The SMILES string of the molecule is CC/C=C\C/C=C\C/C=C\CCCCC/C=C/C(=O)SCCNC(=O)CCNC(=O)[C@H](O)C(C)(C)COP(=O)([O-])OP(=O)([O-])OC[C@H]1O[C@@H](n2cnc3c(N)ncnc32)[C@H](O)[C@@H]1OP(=O)([O-])[O-]. The number of thioether (sulfide) groups is 1. The molecule has 6 N–H and O–H groups in total. The molecule has 2 unspecified atom stereocenters. The van der Waals surface area contributed by atoms with Gasteiger partial charge in [0.25, 0.3) is 15.6 Å². The number of ether oxygens (including phenoxy) is 1. The number of amides is 2. The number of anilines is 1. The van der Waals surface area contributed by atoms with Crippen molar-refractivity contribution in [2.75, 3.05) is 37.8 Å². The zero-order valence-electron chi connectivity index (χ0n) is 37.2. The minimum Gasteiger partial charge on any atom is -0.790 e. The number of fused-ring (bicyclic) bond motifs is 1. The summed E-state index contributed by atoms with van der Waals surface area (Å²) in [6, 6.07) is 0. The Morgan fingerprint density at radius 1 is 0.940 bits per heavy atom. The van der Waals surface area contributed by atoms with E-state index in [1.54, 1.807) is 0 Å². The molecule has 1 aliphatic heterocycles. The summed E-state index contributed by atoms with van der Waals surface area (Å²) in [6.45, 7) is 2.19. The summed E-state index contributed by atoms with van der Waals surface area (Å²) in [6.07, 6.45) is 16.6. The molecule has 7 atom stereocenters. The van der Waals surface area contributed by atoms with E-state index in [1.807, 2.05) is 6.08 Å². The van der Waals surface area contributed by atoms with Gasteiger partial charge in [0.1, 0.15) is 36.3 Å². The van der Waals surface area contributed by atoms with Gasteiger partial charge >= 0.3 is 0 Å². The van der Waals surface area contributed by atoms with E-state index >= 15 is 0 Å². The normalized spacial score (nSPS) is 20.6. The van der Waals surface area contributed by atoms with Crippen LogP contribution in [0.25, 0.3) is 11.2 Å². The number of aliphatic hydroxyl groups is 2. The smallest absolute Gasteiger partial charge is 0.274 e. The van der Waals surface area contributed by atoms with E-state index in [1.165, 1.54) is 19.9 Å². The Morgan fingerprint density at radius 3 is 2.28 bits per heavy atom. The second-order valence-corrected chi connectivity index (χ2v) is 20.6. The van der Waals surface area contributed by atoms with Crippen LogP contribution in [0.15, 0.2) is 61.3 Å². The number of nitrogens with two attached hydrogens (primary N) is 1. The Hall–Kier alpha value is -3.48. The summed E-state index contributed by atoms with van der Waals surface area (Å²) in [5.41, 5.74) is 4.07. The number of aliphatic hydroxyl groups excluding tert-OH is 2. The average Bonchev–Trinajstić information content (AvgIpc) is 3.81. The fourth-order valence-electron chi connectivity index (χ4n) is 6.01. The minimum absolute atomic E-state index is 0.0218. The average molecular weight is 1020 g/mol. The molecule has 67 heavy (non-hydrogen) atoms. The van der Waals surface area contributed by atoms with Crippen LogP contribution < -0.4 is 35.9 Å². The van der Waals surface area contributed by atoms with Gasteiger partial charge in [-0.2, -0.15) is 0 Å². The number of carbonyl (C=O) groups excluding carboxylic acids is 3. The number of phosphoric ester groups is 3. The van der Waals surface area contributed by atoms with Gasteiger partial charge in [-0.15, -0.1) is 0 Å². The minimum atomic E-state index is -5.92. The molecule has 2 amide bonds. The highest BCUT2D eigenvalue weighted by molar-refractivity contribution is 8.14. The largest absolute Gasteiger partial charge is 0.790 e. The standard InChI is InChI=1S/C39H62N7O17P3S/c1-4-5-6-7-8-9-10-11-12-13-14-15-16-17-18-19-30(48)67-23-22-41-29(47)20-21-42-37(51)34(50)39(2,3)25-60-66(57,58)63-65(55,56)59-24-28-33(62-64(52,53)54)32(49)38(61-28)46-27-45-31-35(40)43-26-44-36(31)46/h5-6,8-9,11-12,18-19,26-28,32-34,38,49-50H,4,7,10,13-17,20-25H2,1-3H3,(H,41,47)(H,42,51)(H,55,56)(H,57,58)(H2,40,43,44)(H2,52,53,54)/p-4/b6-5-,9-8-,12-11-,19-18+/t28-,32-,33-,34+,38-/m1/s1. The van der Waals surface area contributed by atoms with Crippen molar-refractivity contribution in [1.29, 1.82) is 0 Å². The van der Waals surface area contributed by atoms with Crippen LogP contribution in [0.1, 0.15) is 84.8 Å². The highest BCUT2D eigenvalue weighted by atomic mass is 32.2. The number of phosphoric acid groups is 3. The summed E-state index contributed by atoms with van der Waals surface area (Å²) in [7, 11) is -17.6. The molecule has 2 aromatic rings. The van der Waals surface area contributed by atoms with Gasteiger partial charge in [-0.25, -0.2) is 19.3 Å². The van der Waals surface area contributed by atoms with Crippen LogP contribution in [0.3, 0.4) is 0 Å². The van der Waals surface area contributed by atoms with E-state index in [4.69, 9.17) is 10.5 Å². The summed E-state index contributed by atoms with van der Waals surface area (Å²) < 4.78 is 60.8. The van der Waals surface area contributed by atoms with Gasteiger partial charge in [-0.05, 0) is 51.0 Å². The van der Waals surface area contributed by atoms with E-state index in [-0.39, 0.29) is 41.6 Å². The van der Waals surface area contributed by atoms with Gasteiger partial charge in [0.15, 0.2) is 17.7 Å². The van der Waals surface area contributed by atoms with Gasteiger partial charge in [-0.3, -0.25) is 28.1 Å². The van der Waals surface area contributed by atoms with Crippen molar-refractivity contribution in [3.05, 3.63) is 61.3 Å². The van der Waals surface area contributed by atoms with Crippen LogP contribution in [0.4, 0.5) is 5.82 Å². The van der Waals surface area contributed by atoms with Crippen molar-refractivity contribution < 1.29 is 80.5 Å². The monoisotopic (exact) mass is 1020 g/mol. The third-order valence-electron chi connectivity index (χ3n) is 9.50. The maximum atomic E-state index is 12.6. The lowest BCUT2D eigenvalue weighted by Crippen LogP contribution is -2.46. The van der Waals surface area contributed by atoms with Crippen molar-refractivity contribution in [2.24, 2.45) is 5.41 Å². The molecule has 0 radical (unpaired) electrons. The molecule has 1 aliphatic rings. The number of imidazole rings is 1. The number of allylic oxidation sites excluding steroid dienone is 7. The van der Waals surface area contributed by atoms with Crippen molar-refractivity contribution in [1.82, 2.24) is 30.2 Å². The first-order chi connectivity index (χ1) is 31.6. The lowest BCUT2D eigenvalue weighted by atomic mass is 9.87. The van der Waals surface area contributed by atoms with Crippen LogP contribution >= 0.6 is 35.2 Å². The predicted molar refractivity (Wildman–Crippen MR) is 237 cm³/mol. The van der Waals surface area contributed by atoms with Crippen LogP contribution in [0.2, 0.25) is 0 Å². The van der Waals surface area contributed by atoms with Crippen LogP contribution in [0.5, 0.6) is 0 Å². The second-order valence-electron chi connectivity index (χ2n) is 15.5. The molecule has 0 aromatic carbocycles. The summed E-state index contributed by atoms with van der Waals surface area (Å²) in [4.78, 5) is 96.7. The van der Waals surface area contributed by atoms with Gasteiger partial charge in [0.05, 0.1) is 27.4 Å². The molecular weight excluding hydrogens is 963 g/mol. The topological polar surface area (TPSA) is 375 Å². The number of rotatable bonds is 31. The van der Waals surface area contributed by atoms with Crippen molar-refractivity contribution in [2.45, 2.75) is 109 Å². The highest BCUT2D eigenvalue weighted by Gasteiger charge is 2.47. The molecule has 376 valence electrons. The van der Waals surface area contributed by atoms with Gasteiger partial charge in [0, 0.05) is 30.7 Å². The molecule has 24 nitrogen and oxygen atoms in total. The summed E-state index contributed by atoms with van der Waals surface area (Å²) >= 11 is 1.04. The molecule has 0 bridgehead atoms. The number of nitrogens with zero attached hydrogens (tertiary/aromatic N) is 4. The van der Waals surface area contributed by atoms with E-state index < -0.39 is 84.6 Å². The van der Waals surface area contributed by atoms with Crippen LogP contribution in [0, 0.1) is 5.41 Å². The Bertz CT molecular complexity index is 2190. The van der Waals surface area contributed by atoms with Gasteiger partial charge in [-0.1, -0.05) is 81.5 Å². The van der Waals surface area contributed by atoms with E-state index in [2.05, 4.69) is 86.8 Å². The number of hydrogen-bond acceptors (Lipinski definition) is 22. The third kappa shape index (κ3) is 21.4. The molecule has 2 aromatic heterocycles. The molecular formula is C39H58N7O17P3S-4. The maximum absolute atomic E-state index is 12.6. The quantitative estimate of drug-likeness (QED) is 0.0309. The van der Waals surface area contributed by atoms with Crippen LogP contribution in [-0.4, -0.2) is 103 Å². The second kappa shape index (κ2) is 28.3. The lowest BCUT2D eigenvalue weighted by Gasteiger charge is -2.36. The Kier molecular flexibility index (Phi) is 24.4. The fourth-order valence-corrected chi connectivity index (χ4v) is 9.35. The first kappa shape index (κ1) is 57.8. The number of carbonyl (C=O) groups is 3. The number of aromatic nitrogens is 4. The number of nitrogens with one attached hydrogen (secondary N) is 2. The molecule has 1 fully saturated rings. The van der Waals surface area contributed by atoms with E-state index in [0.29, 0.717) is 5.75 Å². The lowest BCUT2D eigenvalue weighted by molar-refractivity contribution is -0.347. The predicted octanol–water partition coefficient (Wildman–Crippen LogP) is 1.50. The van der Waals surface area contributed by atoms with E-state index in [0.717, 1.165) is 80.4 Å². The van der Waals surface area contributed by atoms with Crippen molar-refractivity contribution in [3.8, 4) is 0 Å². The van der Waals surface area contributed by atoms with Crippen molar-refractivity contribution in [3.63, 3.8) is 0 Å². The van der Waals surface area contributed by atoms with Crippen LogP contribution in [-0.2, 0) is 50.7 Å². The van der Waals surface area contributed by atoms with E-state index in [9.17, 15) is 57.9 Å². The maximum Gasteiger partial charge on any atom is 0.274 e. The molecule has 0 spiro atoms. The summed E-state index contributed by atoms with van der Waals surface area (Å²) in [5.74, 6) is -1.24. The summed E-state index contributed by atoms with van der Waals surface area (Å²) in [5, 5.41) is 26.2. The molecule has 0 aliphatic carbocycles. The fraction of sp³-hybridized carbons (Fsp3) is 0.590. The number of nitrogen functional groups attached to an aromatic ring is 1.